The predicted molar refractivity (Wildman–Crippen MR) is 116 cm³/mol. The van der Waals surface area contributed by atoms with Gasteiger partial charge in [0.2, 0.25) is 11.8 Å². The van der Waals surface area contributed by atoms with Crippen LogP contribution in [0.4, 0.5) is 23.9 Å². The molecule has 1 heterocycles. The van der Waals surface area contributed by atoms with Gasteiger partial charge in [-0.3, -0.25) is 19.3 Å². The number of likely N-dealkylation sites (N-methyl/N-ethyl adjacent to an activating group) is 1. The summed E-state index contributed by atoms with van der Waals surface area (Å²) in [6.07, 6.45) is -2.15. The first-order valence-corrected chi connectivity index (χ1v) is 10.7. The number of nitrogens with one attached hydrogen (secondary N) is 2. The Kier molecular flexibility index (Phi) is 7.11. The number of primary amides is 1. The molecule has 3 rings (SSSR count). The lowest BCUT2D eigenvalue weighted by Gasteiger charge is -2.17. The van der Waals surface area contributed by atoms with Crippen molar-refractivity contribution < 1.29 is 27.6 Å². The SMILES string of the molecule is CN(CC(=O)Nc1ccc(Cl)c(C(F)(F)F)c1)CC(=O)Nc1sc2c(c1C(N)=O)CCC2. The molecule has 3 amide bonds. The summed E-state index contributed by atoms with van der Waals surface area (Å²) in [5, 5.41) is 4.95. The molecule has 4 N–H and O–H groups in total. The van der Waals surface area contributed by atoms with Crippen molar-refractivity contribution in [1.82, 2.24) is 4.90 Å². The number of fused-ring (bicyclic) bond motifs is 1. The molecule has 0 unspecified atom stereocenters. The summed E-state index contributed by atoms with van der Waals surface area (Å²) in [6.45, 7) is -0.427. The normalized spacial score (nSPS) is 13.2. The lowest BCUT2D eigenvalue weighted by atomic mass is 10.1. The van der Waals surface area contributed by atoms with Crippen LogP contribution in [0.1, 0.15) is 32.8 Å². The molecule has 1 aromatic carbocycles. The molecule has 0 bridgehead atoms. The smallest absolute Gasteiger partial charge is 0.365 e. The van der Waals surface area contributed by atoms with Gasteiger partial charge in [0.15, 0.2) is 0 Å². The molecule has 1 aliphatic carbocycles. The van der Waals surface area contributed by atoms with Gasteiger partial charge in [0.05, 0.1) is 29.2 Å². The van der Waals surface area contributed by atoms with Gasteiger partial charge in [0, 0.05) is 10.6 Å². The number of carbonyl (C=O) groups is 3. The van der Waals surface area contributed by atoms with Gasteiger partial charge in [-0.05, 0) is 50.1 Å². The Morgan fingerprint density at radius 1 is 1.16 bits per heavy atom. The van der Waals surface area contributed by atoms with Gasteiger partial charge in [-0.2, -0.15) is 13.2 Å². The van der Waals surface area contributed by atoms with Gasteiger partial charge in [-0.15, -0.1) is 11.3 Å². The van der Waals surface area contributed by atoms with Crippen molar-refractivity contribution in [2.75, 3.05) is 30.8 Å². The monoisotopic (exact) mass is 488 g/mol. The number of alkyl halides is 3. The van der Waals surface area contributed by atoms with Gasteiger partial charge in [0.25, 0.3) is 5.91 Å². The highest BCUT2D eigenvalue weighted by Crippen LogP contribution is 2.39. The molecule has 0 radical (unpaired) electrons. The second-order valence-electron chi connectivity index (χ2n) is 7.39. The number of amides is 3. The Labute approximate surface area is 190 Å². The fourth-order valence-corrected chi connectivity index (χ4v) is 5.02. The van der Waals surface area contributed by atoms with Crippen molar-refractivity contribution in [2.24, 2.45) is 5.73 Å². The first-order chi connectivity index (χ1) is 15.0. The molecule has 0 saturated carbocycles. The lowest BCUT2D eigenvalue weighted by Crippen LogP contribution is -2.36. The lowest BCUT2D eigenvalue weighted by molar-refractivity contribution is -0.137. The second kappa shape index (κ2) is 9.47. The van der Waals surface area contributed by atoms with Crippen LogP contribution in [0.3, 0.4) is 0 Å². The standard InChI is InChI=1S/C20H20ClF3N4O3S/c1-28(8-15(29)26-10-5-6-13(21)12(7-10)20(22,23)24)9-16(30)27-19-17(18(25)31)11-3-2-4-14(11)32-19/h5-7H,2-4,8-9H2,1H3,(H2,25,31)(H,26,29)(H,27,30). The second-order valence-corrected chi connectivity index (χ2v) is 8.90. The van der Waals surface area contributed by atoms with E-state index in [0.29, 0.717) is 10.6 Å². The van der Waals surface area contributed by atoms with Gasteiger partial charge < -0.3 is 16.4 Å². The minimum absolute atomic E-state index is 0.0659. The van der Waals surface area contributed by atoms with E-state index in [2.05, 4.69) is 10.6 Å². The van der Waals surface area contributed by atoms with Crippen LogP contribution < -0.4 is 16.4 Å². The molecule has 0 saturated heterocycles. The summed E-state index contributed by atoms with van der Waals surface area (Å²) < 4.78 is 38.9. The maximum absolute atomic E-state index is 13.0. The molecule has 12 heteroatoms. The topological polar surface area (TPSA) is 105 Å². The molecule has 32 heavy (non-hydrogen) atoms. The molecular formula is C20H20ClF3N4O3S. The van der Waals surface area contributed by atoms with Crippen molar-refractivity contribution in [2.45, 2.75) is 25.4 Å². The van der Waals surface area contributed by atoms with Gasteiger partial charge in [0.1, 0.15) is 5.00 Å². The number of benzene rings is 1. The molecule has 172 valence electrons. The maximum Gasteiger partial charge on any atom is 0.417 e. The van der Waals surface area contributed by atoms with Crippen LogP contribution in [0, 0.1) is 0 Å². The third-order valence-corrected chi connectivity index (χ3v) is 6.34. The number of rotatable bonds is 7. The molecule has 0 atom stereocenters. The molecular weight excluding hydrogens is 469 g/mol. The number of nitrogens with two attached hydrogens (primary N) is 1. The highest BCUT2D eigenvalue weighted by Gasteiger charge is 2.33. The Hall–Kier alpha value is -2.63. The van der Waals surface area contributed by atoms with Crippen LogP contribution in [0.2, 0.25) is 5.02 Å². The van der Waals surface area contributed by atoms with Crippen molar-refractivity contribution >= 4 is 51.3 Å². The largest absolute Gasteiger partial charge is 0.417 e. The van der Waals surface area contributed by atoms with Crippen LogP contribution >= 0.6 is 22.9 Å². The Bertz CT molecular complexity index is 1070. The molecule has 1 aliphatic rings. The van der Waals surface area contributed by atoms with E-state index in [0.717, 1.165) is 41.8 Å². The Morgan fingerprint density at radius 2 is 1.81 bits per heavy atom. The summed E-state index contributed by atoms with van der Waals surface area (Å²) >= 11 is 6.89. The fraction of sp³-hybridized carbons (Fsp3) is 0.350. The first-order valence-electron chi connectivity index (χ1n) is 9.55. The number of carbonyl (C=O) groups excluding carboxylic acids is 3. The summed E-state index contributed by atoms with van der Waals surface area (Å²) in [4.78, 5) is 38.8. The number of thiophene rings is 1. The predicted octanol–water partition coefficient (Wildman–Crippen LogP) is 3.52. The average molecular weight is 489 g/mol. The summed E-state index contributed by atoms with van der Waals surface area (Å²) in [5.74, 6) is -1.66. The molecule has 0 fully saturated rings. The zero-order valence-corrected chi connectivity index (χ0v) is 18.5. The molecule has 7 nitrogen and oxygen atoms in total. The first kappa shape index (κ1) is 24.0. The Morgan fingerprint density at radius 3 is 2.44 bits per heavy atom. The van der Waals surface area contributed by atoms with E-state index >= 15 is 0 Å². The van der Waals surface area contributed by atoms with Crippen LogP contribution in [-0.2, 0) is 28.6 Å². The van der Waals surface area contributed by atoms with E-state index in [9.17, 15) is 27.6 Å². The van der Waals surface area contributed by atoms with Crippen LogP contribution in [0.15, 0.2) is 18.2 Å². The zero-order valence-electron chi connectivity index (χ0n) is 16.9. The summed E-state index contributed by atoms with van der Waals surface area (Å²) in [6, 6.07) is 3.05. The molecule has 2 aromatic rings. The third kappa shape index (κ3) is 5.59. The number of aryl methyl sites for hydroxylation is 1. The molecule has 0 spiro atoms. The number of nitrogens with zero attached hydrogens (tertiary/aromatic N) is 1. The number of hydrogen-bond acceptors (Lipinski definition) is 5. The Balaban J connectivity index is 1.57. The fourth-order valence-electron chi connectivity index (χ4n) is 3.49. The van der Waals surface area contributed by atoms with Gasteiger partial charge in [-0.1, -0.05) is 11.6 Å². The number of anilines is 2. The van der Waals surface area contributed by atoms with E-state index in [-0.39, 0.29) is 18.8 Å². The minimum Gasteiger partial charge on any atom is -0.365 e. The van der Waals surface area contributed by atoms with Crippen molar-refractivity contribution in [3.05, 3.63) is 44.8 Å². The van der Waals surface area contributed by atoms with Gasteiger partial charge >= 0.3 is 6.18 Å². The van der Waals surface area contributed by atoms with E-state index in [4.69, 9.17) is 17.3 Å². The number of halogens is 4. The minimum atomic E-state index is -4.65. The van der Waals surface area contributed by atoms with E-state index in [1.165, 1.54) is 29.4 Å². The van der Waals surface area contributed by atoms with Crippen LogP contribution in [-0.4, -0.2) is 42.8 Å². The van der Waals surface area contributed by atoms with Crippen molar-refractivity contribution in [1.29, 1.82) is 0 Å². The highest BCUT2D eigenvalue weighted by molar-refractivity contribution is 7.17. The highest BCUT2D eigenvalue weighted by atomic mass is 35.5. The van der Waals surface area contributed by atoms with E-state index < -0.39 is 34.5 Å². The quantitative estimate of drug-likeness (QED) is 0.554. The van der Waals surface area contributed by atoms with Crippen LogP contribution in [0.5, 0.6) is 0 Å². The molecule has 0 aliphatic heterocycles. The van der Waals surface area contributed by atoms with E-state index in [1.807, 2.05) is 0 Å². The average Bonchev–Trinajstić information content (AvgIpc) is 3.22. The number of hydrogen-bond donors (Lipinski definition) is 3. The van der Waals surface area contributed by atoms with Gasteiger partial charge in [-0.25, -0.2) is 0 Å². The summed E-state index contributed by atoms with van der Waals surface area (Å²) in [5.41, 5.74) is 5.56. The van der Waals surface area contributed by atoms with E-state index in [1.54, 1.807) is 0 Å². The zero-order chi connectivity index (χ0) is 23.6. The van der Waals surface area contributed by atoms with Crippen molar-refractivity contribution in [3.63, 3.8) is 0 Å². The molecule has 1 aromatic heterocycles. The third-order valence-electron chi connectivity index (χ3n) is 4.80. The maximum atomic E-state index is 13.0. The summed E-state index contributed by atoms with van der Waals surface area (Å²) in [7, 11) is 1.51. The van der Waals surface area contributed by atoms with Crippen molar-refractivity contribution in [3.8, 4) is 0 Å². The van der Waals surface area contributed by atoms with Crippen LogP contribution in [0.25, 0.3) is 0 Å².